The van der Waals surface area contributed by atoms with Crippen molar-refractivity contribution in [1.82, 2.24) is 5.32 Å². The Hall–Kier alpha value is -3.39. The molecule has 198 valence electrons. The fourth-order valence-corrected chi connectivity index (χ4v) is 6.07. The summed E-state index contributed by atoms with van der Waals surface area (Å²) in [5, 5.41) is 36.1. The molecule has 0 aliphatic heterocycles. The number of primary amides is 1. The number of hydrogen-bond acceptors (Lipinski definition) is 7. The second-order valence-electron chi connectivity index (χ2n) is 11.5. The lowest BCUT2D eigenvalue weighted by Crippen LogP contribution is -2.41. The second kappa shape index (κ2) is 9.49. The van der Waals surface area contributed by atoms with Crippen LogP contribution in [0.25, 0.3) is 0 Å². The monoisotopic (exact) mass is 508 g/mol. The third-order valence-electron chi connectivity index (χ3n) is 7.89. The van der Waals surface area contributed by atoms with E-state index in [1.165, 1.54) is 6.07 Å². The number of nitrogens with two attached hydrogens (primary N) is 1. The first-order valence-electron chi connectivity index (χ1n) is 12.8. The molecule has 4 rings (SSSR count). The second-order valence-corrected chi connectivity index (χ2v) is 11.5. The fourth-order valence-electron chi connectivity index (χ4n) is 6.07. The smallest absolute Gasteiger partial charge is 0.252 e. The zero-order chi connectivity index (χ0) is 27.4. The highest BCUT2D eigenvalue weighted by atomic mass is 16.3. The van der Waals surface area contributed by atoms with Gasteiger partial charge in [0.1, 0.15) is 17.3 Å². The number of hydrogen-bond donors (Lipinski definition) is 5. The maximum absolute atomic E-state index is 13.8. The number of ketones is 2. The molecule has 1 aromatic rings. The lowest BCUT2D eigenvalue weighted by molar-refractivity contribution is -0.114. The van der Waals surface area contributed by atoms with Gasteiger partial charge in [-0.1, -0.05) is 12.5 Å². The topological polar surface area (TPSA) is 150 Å². The average Bonchev–Trinajstić information content (AvgIpc) is 2.80. The van der Waals surface area contributed by atoms with Gasteiger partial charge in [0.2, 0.25) is 0 Å². The van der Waals surface area contributed by atoms with Crippen LogP contribution in [0.15, 0.2) is 45.9 Å². The van der Waals surface area contributed by atoms with Crippen LogP contribution < -0.4 is 11.1 Å². The molecule has 3 aliphatic carbocycles. The van der Waals surface area contributed by atoms with Crippen LogP contribution in [-0.2, 0) is 11.2 Å². The van der Waals surface area contributed by atoms with E-state index in [0.717, 1.165) is 5.57 Å². The molecule has 3 aliphatic rings. The van der Waals surface area contributed by atoms with E-state index < -0.39 is 23.5 Å². The SMILES string of the molecule is CC/C(C)=C1/C(C(N)=O)=C(O)CC2CC3Cc4c(C(=O)CNC(C)(C)C)ccc(O)c4C(=O)C3=C(O)C12. The summed E-state index contributed by atoms with van der Waals surface area (Å²) in [7, 11) is 0. The molecule has 0 saturated heterocycles. The van der Waals surface area contributed by atoms with Gasteiger partial charge in [-0.05, 0) is 82.1 Å². The van der Waals surface area contributed by atoms with Crippen LogP contribution in [0.5, 0.6) is 5.75 Å². The van der Waals surface area contributed by atoms with E-state index in [1.807, 2.05) is 34.6 Å². The third kappa shape index (κ3) is 4.59. The van der Waals surface area contributed by atoms with Gasteiger partial charge >= 0.3 is 0 Å². The van der Waals surface area contributed by atoms with E-state index in [9.17, 15) is 29.7 Å². The van der Waals surface area contributed by atoms with Crippen LogP contribution in [0.3, 0.4) is 0 Å². The fraction of sp³-hybridized carbons (Fsp3) is 0.483. The molecule has 0 bridgehead atoms. The molecule has 1 aromatic carbocycles. The number of phenols is 1. The Morgan fingerprint density at radius 3 is 2.41 bits per heavy atom. The number of carbonyl (C=O) groups is 3. The Morgan fingerprint density at radius 1 is 1.14 bits per heavy atom. The van der Waals surface area contributed by atoms with E-state index in [1.54, 1.807) is 6.07 Å². The number of benzene rings is 1. The molecule has 0 fully saturated rings. The van der Waals surface area contributed by atoms with E-state index in [2.05, 4.69) is 5.32 Å². The molecule has 1 amide bonds. The van der Waals surface area contributed by atoms with Crippen molar-refractivity contribution in [2.24, 2.45) is 23.5 Å². The standard InChI is InChI=1S/C29H36N2O6/c1-6-13(2)21-22-15(11-19(33)25(21)28(30)37)9-14-10-17-16(20(34)12-31-29(3,4)5)7-8-18(32)24(17)27(36)23(14)26(22)35/h7-8,14-15,22,31-33,35H,6,9-12H2,1-5H3,(H2,30,37)/b21-13+. The lowest BCUT2D eigenvalue weighted by Gasteiger charge is -2.43. The first-order chi connectivity index (χ1) is 17.3. The summed E-state index contributed by atoms with van der Waals surface area (Å²) in [6.45, 7) is 9.67. The third-order valence-corrected chi connectivity index (χ3v) is 7.89. The van der Waals surface area contributed by atoms with Crippen molar-refractivity contribution in [1.29, 1.82) is 0 Å². The number of aromatic hydroxyl groups is 1. The molecular formula is C29H36N2O6. The molecule has 3 unspecified atom stereocenters. The van der Waals surface area contributed by atoms with Gasteiger partial charge in [-0.2, -0.15) is 0 Å². The van der Waals surface area contributed by atoms with Gasteiger partial charge in [-0.3, -0.25) is 14.4 Å². The Balaban J connectivity index is 1.83. The quantitative estimate of drug-likeness (QED) is 0.374. The first kappa shape index (κ1) is 26.7. The summed E-state index contributed by atoms with van der Waals surface area (Å²) in [6, 6.07) is 2.90. The summed E-state index contributed by atoms with van der Waals surface area (Å²) in [5.74, 6) is -3.24. The minimum Gasteiger partial charge on any atom is -0.511 e. The van der Waals surface area contributed by atoms with Gasteiger partial charge in [-0.25, -0.2) is 0 Å². The average molecular weight is 509 g/mol. The molecule has 6 N–H and O–H groups in total. The summed E-state index contributed by atoms with van der Waals surface area (Å²) < 4.78 is 0. The zero-order valence-electron chi connectivity index (χ0n) is 22.1. The zero-order valence-corrected chi connectivity index (χ0v) is 22.1. The van der Waals surface area contributed by atoms with Gasteiger partial charge < -0.3 is 26.4 Å². The Labute approximate surface area is 216 Å². The van der Waals surface area contributed by atoms with Crippen molar-refractivity contribution in [2.75, 3.05) is 6.54 Å². The van der Waals surface area contributed by atoms with Crippen LogP contribution in [-0.4, -0.2) is 44.9 Å². The summed E-state index contributed by atoms with van der Waals surface area (Å²) >= 11 is 0. The molecule has 3 atom stereocenters. The lowest BCUT2D eigenvalue weighted by atomic mass is 9.60. The van der Waals surface area contributed by atoms with E-state index in [-0.39, 0.29) is 64.2 Å². The molecule has 8 heteroatoms. The normalized spacial score (nSPS) is 24.9. The number of fused-ring (bicyclic) bond motifs is 3. The number of carbonyl (C=O) groups excluding carboxylic acids is 3. The first-order valence-corrected chi connectivity index (χ1v) is 12.8. The van der Waals surface area contributed by atoms with E-state index in [0.29, 0.717) is 36.0 Å². The highest BCUT2D eigenvalue weighted by molar-refractivity contribution is 6.15. The van der Waals surface area contributed by atoms with Crippen molar-refractivity contribution in [3.8, 4) is 5.75 Å². The predicted octanol–water partition coefficient (Wildman–Crippen LogP) is 4.19. The van der Waals surface area contributed by atoms with Crippen molar-refractivity contribution >= 4 is 17.5 Å². The van der Waals surface area contributed by atoms with Crippen LogP contribution in [0.1, 0.15) is 80.2 Å². The number of aliphatic hydroxyl groups is 2. The minimum atomic E-state index is -0.774. The maximum atomic E-state index is 13.8. The largest absolute Gasteiger partial charge is 0.511 e. The Kier molecular flexibility index (Phi) is 6.84. The van der Waals surface area contributed by atoms with Gasteiger partial charge in [0.15, 0.2) is 11.6 Å². The van der Waals surface area contributed by atoms with Crippen molar-refractivity contribution < 1.29 is 29.7 Å². The molecule has 8 nitrogen and oxygen atoms in total. The highest BCUT2D eigenvalue weighted by Gasteiger charge is 2.49. The van der Waals surface area contributed by atoms with Gasteiger partial charge in [0.25, 0.3) is 5.91 Å². The van der Waals surface area contributed by atoms with Crippen molar-refractivity contribution in [3.63, 3.8) is 0 Å². The minimum absolute atomic E-state index is 0.0111. The Morgan fingerprint density at radius 2 is 1.81 bits per heavy atom. The summed E-state index contributed by atoms with van der Waals surface area (Å²) in [6.07, 6.45) is 1.49. The van der Waals surface area contributed by atoms with Gasteiger partial charge in [-0.15, -0.1) is 0 Å². The summed E-state index contributed by atoms with van der Waals surface area (Å²) in [5.41, 5.74) is 7.74. The van der Waals surface area contributed by atoms with Crippen LogP contribution in [0.2, 0.25) is 0 Å². The summed E-state index contributed by atoms with van der Waals surface area (Å²) in [4.78, 5) is 39.2. The van der Waals surface area contributed by atoms with Crippen molar-refractivity contribution in [3.05, 3.63) is 62.6 Å². The number of phenolic OH excluding ortho intramolecular Hbond substituents is 1. The number of nitrogens with one attached hydrogen (secondary N) is 1. The predicted molar refractivity (Wildman–Crippen MR) is 139 cm³/mol. The maximum Gasteiger partial charge on any atom is 0.252 e. The van der Waals surface area contributed by atoms with Crippen molar-refractivity contribution in [2.45, 2.75) is 65.8 Å². The number of amides is 1. The molecule has 37 heavy (non-hydrogen) atoms. The Bertz CT molecular complexity index is 1290. The highest BCUT2D eigenvalue weighted by Crippen LogP contribution is 2.53. The molecule has 0 spiro atoms. The number of allylic oxidation sites excluding steroid dienone is 4. The van der Waals surface area contributed by atoms with Gasteiger partial charge in [0, 0.05) is 29.0 Å². The molecule has 0 saturated carbocycles. The molecule has 0 heterocycles. The number of rotatable bonds is 5. The number of Topliss-reactive ketones (excluding diaryl/α,β-unsaturated/α-hetero) is 2. The van der Waals surface area contributed by atoms with Crippen LogP contribution in [0, 0.1) is 17.8 Å². The number of aliphatic hydroxyl groups excluding tert-OH is 2. The van der Waals surface area contributed by atoms with Crippen LogP contribution in [0.4, 0.5) is 0 Å². The van der Waals surface area contributed by atoms with Gasteiger partial charge in [0.05, 0.1) is 17.7 Å². The van der Waals surface area contributed by atoms with Crippen LogP contribution >= 0.6 is 0 Å². The molecular weight excluding hydrogens is 472 g/mol. The van der Waals surface area contributed by atoms with E-state index >= 15 is 0 Å². The molecule has 0 radical (unpaired) electrons. The molecule has 0 aromatic heterocycles. The van der Waals surface area contributed by atoms with E-state index in [4.69, 9.17) is 5.73 Å².